The van der Waals surface area contributed by atoms with Gasteiger partial charge in [-0.1, -0.05) is 68.4 Å². The summed E-state index contributed by atoms with van der Waals surface area (Å²) in [6, 6.07) is 17.2. The minimum absolute atomic E-state index is 0.199. The number of likely N-dealkylation sites (tertiary alicyclic amines) is 1. The fourth-order valence-corrected chi connectivity index (χ4v) is 4.22. The average molecular weight is 480 g/mol. The van der Waals surface area contributed by atoms with Gasteiger partial charge in [0.2, 0.25) is 11.8 Å². The van der Waals surface area contributed by atoms with E-state index in [1.165, 1.54) is 5.56 Å². The average Bonchev–Trinajstić information content (AvgIpc) is 3.31. The highest BCUT2D eigenvalue weighted by Gasteiger charge is 2.35. The monoisotopic (exact) mass is 479 g/mol. The smallest absolute Gasteiger partial charge is 0.408 e. The minimum Gasteiger partial charge on any atom is -0.444 e. The Morgan fingerprint density at radius 1 is 0.971 bits per heavy atom. The molecule has 7 heteroatoms. The van der Waals surface area contributed by atoms with Gasteiger partial charge in [0.15, 0.2) is 0 Å². The summed E-state index contributed by atoms with van der Waals surface area (Å²) in [5.74, 6) is -0.0814. The number of nitrogens with zero attached hydrogens (tertiary/aromatic N) is 1. The number of rotatable bonds is 7. The normalized spacial score (nSPS) is 16.6. The molecule has 2 atom stereocenters. The summed E-state index contributed by atoms with van der Waals surface area (Å²) in [7, 11) is 0. The molecule has 1 aliphatic heterocycles. The Morgan fingerprint density at radius 2 is 1.57 bits per heavy atom. The van der Waals surface area contributed by atoms with Crippen LogP contribution in [-0.2, 0) is 14.3 Å². The van der Waals surface area contributed by atoms with Gasteiger partial charge in [-0.25, -0.2) is 4.79 Å². The van der Waals surface area contributed by atoms with Crippen LogP contribution in [0.15, 0.2) is 54.6 Å². The Morgan fingerprint density at radius 3 is 2.17 bits per heavy atom. The Labute approximate surface area is 208 Å². The molecule has 2 aromatic rings. The van der Waals surface area contributed by atoms with Crippen LogP contribution in [0.5, 0.6) is 0 Å². The van der Waals surface area contributed by atoms with Crippen LogP contribution in [0.2, 0.25) is 0 Å². The molecule has 0 aliphatic carbocycles. The van der Waals surface area contributed by atoms with E-state index in [4.69, 9.17) is 4.74 Å². The molecule has 0 radical (unpaired) electrons. The molecule has 3 amide bonds. The quantitative estimate of drug-likeness (QED) is 0.611. The maximum absolute atomic E-state index is 13.4. The molecule has 1 aliphatic rings. The number of ether oxygens (including phenoxy) is 1. The number of hydrogen-bond acceptors (Lipinski definition) is 4. The Bertz CT molecular complexity index is 1010. The summed E-state index contributed by atoms with van der Waals surface area (Å²) in [5, 5.41) is 5.67. The van der Waals surface area contributed by atoms with Gasteiger partial charge in [0, 0.05) is 6.54 Å². The van der Waals surface area contributed by atoms with E-state index in [2.05, 4.69) is 48.7 Å². The number of amides is 3. The largest absolute Gasteiger partial charge is 0.444 e. The summed E-state index contributed by atoms with van der Waals surface area (Å²) in [5.41, 5.74) is 2.54. The molecular weight excluding hydrogens is 442 g/mol. The molecule has 2 aromatic carbocycles. The number of carbonyl (C=O) groups is 3. The van der Waals surface area contributed by atoms with E-state index in [-0.39, 0.29) is 24.4 Å². The lowest BCUT2D eigenvalue weighted by atomic mass is 9.95. The SMILES string of the molecule is CC(C)c1ccc([C@@H](NC(=O)[C@@H]2CCCN2C(=O)CNC(=O)OC(C)(C)C)c2ccccc2)cc1. The van der Waals surface area contributed by atoms with Gasteiger partial charge in [-0.15, -0.1) is 0 Å². The molecule has 0 bridgehead atoms. The first kappa shape index (κ1) is 26.3. The number of benzene rings is 2. The van der Waals surface area contributed by atoms with Crippen LogP contribution in [0, 0.1) is 0 Å². The number of alkyl carbamates (subject to hydrolysis) is 1. The van der Waals surface area contributed by atoms with Crippen molar-refractivity contribution in [3.8, 4) is 0 Å². The molecule has 0 spiro atoms. The van der Waals surface area contributed by atoms with Crippen molar-refractivity contribution >= 4 is 17.9 Å². The first-order chi connectivity index (χ1) is 16.5. The van der Waals surface area contributed by atoms with E-state index in [9.17, 15) is 14.4 Å². The number of hydrogen-bond donors (Lipinski definition) is 2. The van der Waals surface area contributed by atoms with Gasteiger partial charge in [0.25, 0.3) is 0 Å². The first-order valence-electron chi connectivity index (χ1n) is 12.3. The van der Waals surface area contributed by atoms with Crippen LogP contribution in [0.25, 0.3) is 0 Å². The van der Waals surface area contributed by atoms with Gasteiger partial charge in [-0.2, -0.15) is 0 Å². The molecular formula is C28H37N3O4. The maximum Gasteiger partial charge on any atom is 0.408 e. The van der Waals surface area contributed by atoms with Crippen LogP contribution in [-0.4, -0.2) is 47.5 Å². The summed E-state index contributed by atoms with van der Waals surface area (Å²) >= 11 is 0. The maximum atomic E-state index is 13.4. The zero-order chi connectivity index (χ0) is 25.6. The predicted octanol–water partition coefficient (Wildman–Crippen LogP) is 4.53. The summed E-state index contributed by atoms with van der Waals surface area (Å²) in [4.78, 5) is 39.7. The van der Waals surface area contributed by atoms with Crippen molar-refractivity contribution in [3.63, 3.8) is 0 Å². The molecule has 0 aromatic heterocycles. The van der Waals surface area contributed by atoms with Crippen LogP contribution in [0.1, 0.15) is 76.1 Å². The number of carbonyl (C=O) groups excluding carboxylic acids is 3. The second-order valence-electron chi connectivity index (χ2n) is 10.3. The van der Waals surface area contributed by atoms with Crippen LogP contribution in [0.4, 0.5) is 4.79 Å². The minimum atomic E-state index is -0.653. The molecule has 35 heavy (non-hydrogen) atoms. The second kappa shape index (κ2) is 11.4. The predicted molar refractivity (Wildman–Crippen MR) is 136 cm³/mol. The standard InChI is InChI=1S/C28H37N3O4/c1-19(2)20-13-15-22(16-14-20)25(21-10-7-6-8-11-21)30-26(33)23-12-9-17-31(23)24(32)18-29-27(34)35-28(3,4)5/h6-8,10-11,13-16,19,23,25H,9,12,17-18H2,1-5H3,(H,29,34)(H,30,33)/t23-,25-/m0/s1. The summed E-state index contributed by atoms with van der Waals surface area (Å²) in [6.45, 7) is 9.84. The van der Waals surface area contributed by atoms with E-state index < -0.39 is 17.7 Å². The fourth-order valence-electron chi connectivity index (χ4n) is 4.22. The molecule has 0 unspecified atom stereocenters. The van der Waals surface area contributed by atoms with E-state index in [0.29, 0.717) is 18.9 Å². The van der Waals surface area contributed by atoms with Crippen molar-refractivity contribution in [2.45, 2.75) is 71.1 Å². The van der Waals surface area contributed by atoms with E-state index >= 15 is 0 Å². The first-order valence-corrected chi connectivity index (χ1v) is 12.3. The van der Waals surface area contributed by atoms with Gasteiger partial charge < -0.3 is 20.3 Å². The Hall–Kier alpha value is -3.35. The molecule has 1 fully saturated rings. The molecule has 2 N–H and O–H groups in total. The lowest BCUT2D eigenvalue weighted by Crippen LogP contribution is -2.50. The van der Waals surface area contributed by atoms with Crippen molar-refractivity contribution in [1.82, 2.24) is 15.5 Å². The molecule has 1 heterocycles. The van der Waals surface area contributed by atoms with E-state index in [1.54, 1.807) is 25.7 Å². The third-order valence-corrected chi connectivity index (χ3v) is 6.01. The Balaban J connectivity index is 1.71. The lowest BCUT2D eigenvalue weighted by Gasteiger charge is -2.27. The van der Waals surface area contributed by atoms with Gasteiger partial charge in [0.05, 0.1) is 6.04 Å². The second-order valence-corrected chi connectivity index (χ2v) is 10.3. The van der Waals surface area contributed by atoms with Crippen molar-refractivity contribution < 1.29 is 19.1 Å². The Kier molecular flexibility index (Phi) is 8.54. The van der Waals surface area contributed by atoms with Crippen molar-refractivity contribution in [3.05, 3.63) is 71.3 Å². The van der Waals surface area contributed by atoms with E-state index in [1.807, 2.05) is 30.3 Å². The third kappa shape index (κ3) is 7.31. The molecule has 3 rings (SSSR count). The van der Waals surface area contributed by atoms with Crippen LogP contribution in [0.3, 0.4) is 0 Å². The lowest BCUT2D eigenvalue weighted by molar-refractivity contribution is -0.138. The van der Waals surface area contributed by atoms with Gasteiger partial charge in [-0.3, -0.25) is 9.59 Å². The van der Waals surface area contributed by atoms with Crippen LogP contribution >= 0.6 is 0 Å². The topological polar surface area (TPSA) is 87.7 Å². The zero-order valence-electron chi connectivity index (χ0n) is 21.3. The molecule has 0 saturated carbocycles. The van der Waals surface area contributed by atoms with Crippen LogP contribution < -0.4 is 10.6 Å². The molecule has 188 valence electrons. The fraction of sp³-hybridized carbons (Fsp3) is 0.464. The summed E-state index contributed by atoms with van der Waals surface area (Å²) in [6.07, 6.45) is 0.660. The molecule has 7 nitrogen and oxygen atoms in total. The highest BCUT2D eigenvalue weighted by molar-refractivity contribution is 5.90. The third-order valence-electron chi connectivity index (χ3n) is 6.01. The number of nitrogens with one attached hydrogen (secondary N) is 2. The molecule has 1 saturated heterocycles. The van der Waals surface area contributed by atoms with Gasteiger partial charge in [0.1, 0.15) is 18.2 Å². The summed E-state index contributed by atoms with van der Waals surface area (Å²) < 4.78 is 5.20. The van der Waals surface area contributed by atoms with Crippen molar-refractivity contribution in [2.24, 2.45) is 0 Å². The van der Waals surface area contributed by atoms with Crippen molar-refractivity contribution in [2.75, 3.05) is 13.1 Å². The van der Waals surface area contributed by atoms with Gasteiger partial charge >= 0.3 is 6.09 Å². The van der Waals surface area contributed by atoms with Crippen molar-refractivity contribution in [1.29, 1.82) is 0 Å². The highest BCUT2D eigenvalue weighted by atomic mass is 16.6. The van der Waals surface area contributed by atoms with Gasteiger partial charge in [-0.05, 0) is 56.2 Å². The highest BCUT2D eigenvalue weighted by Crippen LogP contribution is 2.26. The zero-order valence-corrected chi connectivity index (χ0v) is 21.3. The van der Waals surface area contributed by atoms with E-state index in [0.717, 1.165) is 17.5 Å².